The Kier molecular flexibility index (Phi) is 4.00. The fourth-order valence-corrected chi connectivity index (χ4v) is 2.51. The third-order valence-corrected chi connectivity index (χ3v) is 4.08. The summed E-state index contributed by atoms with van der Waals surface area (Å²) in [6.07, 6.45) is 3.21. The average molecular weight is 286 g/mol. The number of H-pyrrole nitrogens is 1. The number of sulfonamides is 1. The SMILES string of the molecule is O=S(=O)(NCCc1ccc(Cl)cc1)c1cn[nH]c1. The number of aromatic amines is 1. The van der Waals surface area contributed by atoms with Gasteiger partial charge in [0.2, 0.25) is 10.0 Å². The lowest BCUT2D eigenvalue weighted by Gasteiger charge is -2.04. The van der Waals surface area contributed by atoms with Crippen LogP contribution < -0.4 is 4.72 Å². The van der Waals surface area contributed by atoms with E-state index in [9.17, 15) is 8.42 Å². The maximum atomic E-state index is 11.7. The lowest BCUT2D eigenvalue weighted by Crippen LogP contribution is -2.25. The molecule has 0 unspecified atom stereocenters. The molecule has 0 aliphatic carbocycles. The van der Waals surface area contributed by atoms with Gasteiger partial charge >= 0.3 is 0 Å². The van der Waals surface area contributed by atoms with Crippen LogP contribution >= 0.6 is 11.6 Å². The number of nitrogens with zero attached hydrogens (tertiary/aromatic N) is 1. The Balaban J connectivity index is 1.91. The Labute approximate surface area is 110 Å². The van der Waals surface area contributed by atoms with Gasteiger partial charge in [-0.25, -0.2) is 13.1 Å². The standard InChI is InChI=1S/C11H12ClN3O2S/c12-10-3-1-9(2-4-10)5-6-15-18(16,17)11-7-13-14-8-11/h1-4,7-8,15H,5-6H2,(H,13,14). The van der Waals surface area contributed by atoms with E-state index in [0.29, 0.717) is 18.0 Å². The van der Waals surface area contributed by atoms with Crippen LogP contribution in [0.2, 0.25) is 5.02 Å². The number of hydrogen-bond acceptors (Lipinski definition) is 3. The monoisotopic (exact) mass is 285 g/mol. The summed E-state index contributed by atoms with van der Waals surface area (Å²) in [5, 5.41) is 6.74. The maximum Gasteiger partial charge on any atom is 0.243 e. The second kappa shape index (κ2) is 5.51. The molecule has 18 heavy (non-hydrogen) atoms. The number of nitrogens with one attached hydrogen (secondary N) is 2. The van der Waals surface area contributed by atoms with E-state index in [1.807, 2.05) is 12.1 Å². The van der Waals surface area contributed by atoms with Crippen molar-refractivity contribution in [3.05, 3.63) is 47.2 Å². The molecule has 1 aromatic carbocycles. The summed E-state index contributed by atoms with van der Waals surface area (Å²) in [4.78, 5) is 0.138. The molecule has 7 heteroatoms. The number of benzene rings is 1. The first-order valence-corrected chi connectivity index (χ1v) is 7.17. The first-order chi connectivity index (χ1) is 8.58. The van der Waals surface area contributed by atoms with Gasteiger partial charge in [-0.2, -0.15) is 5.10 Å². The summed E-state index contributed by atoms with van der Waals surface area (Å²) in [5.41, 5.74) is 1.02. The van der Waals surface area contributed by atoms with Gasteiger partial charge in [0.1, 0.15) is 4.90 Å². The van der Waals surface area contributed by atoms with E-state index in [2.05, 4.69) is 14.9 Å². The molecule has 1 heterocycles. The molecule has 0 bridgehead atoms. The second-order valence-electron chi connectivity index (χ2n) is 3.71. The van der Waals surface area contributed by atoms with Crippen LogP contribution in [0.1, 0.15) is 5.56 Å². The van der Waals surface area contributed by atoms with Crippen LogP contribution in [0.4, 0.5) is 0 Å². The summed E-state index contributed by atoms with van der Waals surface area (Å²) in [6, 6.07) is 7.30. The Hall–Kier alpha value is -1.37. The van der Waals surface area contributed by atoms with E-state index in [4.69, 9.17) is 11.6 Å². The first kappa shape index (κ1) is 13.1. The zero-order chi connectivity index (χ0) is 13.0. The number of halogens is 1. The molecular formula is C11H12ClN3O2S. The molecule has 0 aliphatic heterocycles. The zero-order valence-electron chi connectivity index (χ0n) is 9.43. The highest BCUT2D eigenvalue weighted by molar-refractivity contribution is 7.89. The van der Waals surface area contributed by atoms with Gasteiger partial charge in [0.05, 0.1) is 6.20 Å². The highest BCUT2D eigenvalue weighted by Crippen LogP contribution is 2.10. The minimum atomic E-state index is -3.47. The van der Waals surface area contributed by atoms with Crippen molar-refractivity contribution in [2.75, 3.05) is 6.54 Å². The Morgan fingerprint density at radius 1 is 1.28 bits per heavy atom. The van der Waals surface area contributed by atoms with E-state index < -0.39 is 10.0 Å². The fraction of sp³-hybridized carbons (Fsp3) is 0.182. The van der Waals surface area contributed by atoms with E-state index in [1.165, 1.54) is 12.4 Å². The van der Waals surface area contributed by atoms with Gasteiger partial charge in [0, 0.05) is 17.8 Å². The van der Waals surface area contributed by atoms with E-state index in [0.717, 1.165) is 5.56 Å². The highest BCUT2D eigenvalue weighted by atomic mass is 35.5. The quantitative estimate of drug-likeness (QED) is 0.876. The molecule has 2 N–H and O–H groups in total. The third-order valence-electron chi connectivity index (χ3n) is 2.40. The molecule has 2 aromatic rings. The molecule has 5 nitrogen and oxygen atoms in total. The number of hydrogen-bond donors (Lipinski definition) is 2. The predicted octanol–water partition coefficient (Wildman–Crippen LogP) is 1.58. The molecule has 0 saturated carbocycles. The first-order valence-electron chi connectivity index (χ1n) is 5.31. The van der Waals surface area contributed by atoms with Crippen LogP contribution in [0.25, 0.3) is 0 Å². The van der Waals surface area contributed by atoms with Gasteiger partial charge in [-0.1, -0.05) is 23.7 Å². The van der Waals surface area contributed by atoms with Gasteiger partial charge in [-0.05, 0) is 24.1 Å². The average Bonchev–Trinajstić information content (AvgIpc) is 2.86. The van der Waals surface area contributed by atoms with E-state index >= 15 is 0 Å². The molecule has 0 spiro atoms. The fourth-order valence-electron chi connectivity index (χ4n) is 1.45. The smallest absolute Gasteiger partial charge is 0.243 e. The Morgan fingerprint density at radius 2 is 2.00 bits per heavy atom. The van der Waals surface area contributed by atoms with Crippen molar-refractivity contribution >= 4 is 21.6 Å². The van der Waals surface area contributed by atoms with Crippen LogP contribution in [0, 0.1) is 0 Å². The van der Waals surface area contributed by atoms with Crippen LogP contribution in [-0.4, -0.2) is 25.2 Å². The Morgan fingerprint density at radius 3 is 2.61 bits per heavy atom. The molecule has 0 amide bonds. The summed E-state index contributed by atoms with van der Waals surface area (Å²) < 4.78 is 26.0. The van der Waals surface area contributed by atoms with Crippen LogP contribution in [0.3, 0.4) is 0 Å². The molecule has 0 radical (unpaired) electrons. The van der Waals surface area contributed by atoms with Crippen molar-refractivity contribution in [3.8, 4) is 0 Å². The number of aromatic nitrogens is 2. The van der Waals surface area contributed by atoms with E-state index in [1.54, 1.807) is 12.1 Å². The predicted molar refractivity (Wildman–Crippen MR) is 68.9 cm³/mol. The van der Waals surface area contributed by atoms with Crippen LogP contribution in [0.15, 0.2) is 41.6 Å². The Bertz CT molecular complexity index is 594. The summed E-state index contributed by atoms with van der Waals surface area (Å²) >= 11 is 5.76. The van der Waals surface area contributed by atoms with Gasteiger partial charge in [0.25, 0.3) is 0 Å². The van der Waals surface area contributed by atoms with Crippen LogP contribution in [0.5, 0.6) is 0 Å². The lowest BCUT2D eigenvalue weighted by atomic mass is 10.2. The molecule has 0 aliphatic rings. The van der Waals surface area contributed by atoms with Gasteiger partial charge in [-0.15, -0.1) is 0 Å². The third kappa shape index (κ3) is 3.32. The van der Waals surface area contributed by atoms with Gasteiger partial charge in [0.15, 0.2) is 0 Å². The molecular weight excluding hydrogens is 274 g/mol. The molecule has 0 saturated heterocycles. The van der Waals surface area contributed by atoms with Crippen molar-refractivity contribution in [3.63, 3.8) is 0 Å². The molecule has 0 atom stereocenters. The molecule has 0 fully saturated rings. The second-order valence-corrected chi connectivity index (χ2v) is 5.91. The highest BCUT2D eigenvalue weighted by Gasteiger charge is 2.13. The van der Waals surface area contributed by atoms with Crippen molar-refractivity contribution in [1.29, 1.82) is 0 Å². The largest absolute Gasteiger partial charge is 0.284 e. The van der Waals surface area contributed by atoms with Crippen molar-refractivity contribution in [2.45, 2.75) is 11.3 Å². The molecule has 96 valence electrons. The van der Waals surface area contributed by atoms with Crippen molar-refractivity contribution in [2.24, 2.45) is 0 Å². The van der Waals surface area contributed by atoms with Crippen LogP contribution in [-0.2, 0) is 16.4 Å². The summed E-state index contributed by atoms with van der Waals surface area (Å²) in [7, 11) is -3.47. The molecule has 2 rings (SSSR count). The molecule has 1 aromatic heterocycles. The van der Waals surface area contributed by atoms with Crippen molar-refractivity contribution < 1.29 is 8.42 Å². The normalized spacial score (nSPS) is 11.6. The summed E-state index contributed by atoms with van der Waals surface area (Å²) in [6.45, 7) is 0.329. The maximum absolute atomic E-state index is 11.7. The van der Waals surface area contributed by atoms with Gasteiger partial charge < -0.3 is 0 Å². The minimum absolute atomic E-state index is 0.138. The number of rotatable bonds is 5. The lowest BCUT2D eigenvalue weighted by molar-refractivity contribution is 0.581. The van der Waals surface area contributed by atoms with Crippen molar-refractivity contribution in [1.82, 2.24) is 14.9 Å². The minimum Gasteiger partial charge on any atom is -0.284 e. The zero-order valence-corrected chi connectivity index (χ0v) is 11.0. The van der Waals surface area contributed by atoms with E-state index in [-0.39, 0.29) is 4.90 Å². The van der Waals surface area contributed by atoms with Gasteiger partial charge in [-0.3, -0.25) is 5.10 Å². The topological polar surface area (TPSA) is 74.8 Å². The summed E-state index contributed by atoms with van der Waals surface area (Å²) in [5.74, 6) is 0.